The molecule has 2 aliphatic heterocycles. The fourth-order valence-corrected chi connectivity index (χ4v) is 5.17. The summed E-state index contributed by atoms with van der Waals surface area (Å²) in [5.74, 6) is 0.0838. The maximum Gasteiger partial charge on any atom is 0.297 e. The molecule has 194 valence electrons. The van der Waals surface area contributed by atoms with Crippen molar-refractivity contribution >= 4 is 28.9 Å². The van der Waals surface area contributed by atoms with E-state index in [9.17, 15) is 9.59 Å². The maximum atomic E-state index is 13.7. The number of aromatic nitrogens is 2. The van der Waals surface area contributed by atoms with Crippen molar-refractivity contribution in [1.82, 2.24) is 14.7 Å². The first-order valence-electron chi connectivity index (χ1n) is 12.7. The molecule has 3 heterocycles. The van der Waals surface area contributed by atoms with E-state index < -0.39 is 5.41 Å². The second-order valence-corrected chi connectivity index (χ2v) is 10.4. The van der Waals surface area contributed by atoms with Crippen molar-refractivity contribution in [3.63, 3.8) is 0 Å². The van der Waals surface area contributed by atoms with Crippen molar-refractivity contribution in [3.05, 3.63) is 81.7 Å². The summed E-state index contributed by atoms with van der Waals surface area (Å²) < 4.78 is 7.01. The fraction of sp³-hybridized carbons (Fsp3) is 0.393. The molecule has 0 N–H and O–H groups in total. The molecule has 1 aromatic heterocycles. The number of nitrogens with zero attached hydrogens (tertiary/aromatic N) is 5. The number of carbonyl (C=O) groups excluding carboxylic acids is 1. The van der Waals surface area contributed by atoms with Crippen LogP contribution in [0.3, 0.4) is 0 Å². The molecule has 3 aromatic rings. The Balaban J connectivity index is 1.39. The zero-order valence-electron chi connectivity index (χ0n) is 21.3. The smallest absolute Gasteiger partial charge is 0.297 e. The molecule has 0 atom stereocenters. The maximum absolute atomic E-state index is 13.7. The second-order valence-electron chi connectivity index (χ2n) is 9.94. The predicted molar refractivity (Wildman–Crippen MR) is 146 cm³/mol. The van der Waals surface area contributed by atoms with Gasteiger partial charge in [0.2, 0.25) is 5.91 Å². The second kappa shape index (κ2) is 10.6. The first kappa shape index (κ1) is 25.3. The van der Waals surface area contributed by atoms with Gasteiger partial charge < -0.3 is 19.4 Å². The molecular formula is C28H32ClN5O3. The van der Waals surface area contributed by atoms with Crippen LogP contribution in [0.5, 0.6) is 0 Å². The van der Waals surface area contributed by atoms with Crippen LogP contribution in [-0.2, 0) is 14.9 Å². The number of rotatable bonds is 5. The summed E-state index contributed by atoms with van der Waals surface area (Å²) in [6.45, 7) is 8.74. The Morgan fingerprint density at radius 2 is 1.54 bits per heavy atom. The van der Waals surface area contributed by atoms with Crippen molar-refractivity contribution < 1.29 is 9.53 Å². The average Bonchev–Trinajstić information content (AvgIpc) is 2.93. The highest BCUT2D eigenvalue weighted by atomic mass is 35.5. The highest BCUT2D eigenvalue weighted by Crippen LogP contribution is 2.30. The zero-order chi connectivity index (χ0) is 26.0. The van der Waals surface area contributed by atoms with E-state index in [0.29, 0.717) is 63.2 Å². The molecule has 0 aliphatic carbocycles. The predicted octanol–water partition coefficient (Wildman–Crippen LogP) is 3.35. The van der Waals surface area contributed by atoms with Gasteiger partial charge in [0.05, 0.1) is 36.2 Å². The summed E-state index contributed by atoms with van der Waals surface area (Å²) in [6, 6.07) is 16.9. The van der Waals surface area contributed by atoms with E-state index in [1.54, 1.807) is 6.20 Å². The molecule has 0 spiro atoms. The third kappa shape index (κ3) is 5.08. The van der Waals surface area contributed by atoms with Crippen LogP contribution in [0.1, 0.15) is 19.4 Å². The lowest BCUT2D eigenvalue weighted by Gasteiger charge is -2.41. The number of ether oxygens (including phenoxy) is 1. The van der Waals surface area contributed by atoms with Crippen LogP contribution >= 0.6 is 11.6 Å². The van der Waals surface area contributed by atoms with Crippen LogP contribution in [0.4, 0.5) is 11.4 Å². The molecule has 2 fully saturated rings. The molecule has 37 heavy (non-hydrogen) atoms. The number of amides is 1. The average molecular weight is 522 g/mol. The van der Waals surface area contributed by atoms with Crippen molar-refractivity contribution in [3.8, 4) is 5.69 Å². The lowest BCUT2D eigenvalue weighted by atomic mass is 9.83. The minimum atomic E-state index is -0.663. The molecule has 2 aromatic carbocycles. The van der Waals surface area contributed by atoms with E-state index >= 15 is 0 Å². The monoisotopic (exact) mass is 521 g/mol. The number of benzene rings is 2. The number of piperazine rings is 1. The van der Waals surface area contributed by atoms with Crippen molar-refractivity contribution in [2.24, 2.45) is 0 Å². The van der Waals surface area contributed by atoms with E-state index in [1.807, 2.05) is 73.3 Å². The summed E-state index contributed by atoms with van der Waals surface area (Å²) in [5.41, 5.74) is 2.31. The van der Waals surface area contributed by atoms with Gasteiger partial charge in [0.1, 0.15) is 5.69 Å². The molecule has 0 bridgehead atoms. The summed E-state index contributed by atoms with van der Waals surface area (Å²) in [7, 11) is 0. The molecule has 2 saturated heterocycles. The Kier molecular flexibility index (Phi) is 7.22. The largest absolute Gasteiger partial charge is 0.378 e. The lowest BCUT2D eigenvalue weighted by Crippen LogP contribution is -2.54. The van der Waals surface area contributed by atoms with E-state index in [-0.39, 0.29) is 11.5 Å². The highest BCUT2D eigenvalue weighted by Gasteiger charge is 2.36. The number of anilines is 2. The van der Waals surface area contributed by atoms with Crippen LogP contribution < -0.4 is 15.4 Å². The summed E-state index contributed by atoms with van der Waals surface area (Å²) in [6.07, 6.45) is 1.79. The molecule has 0 saturated carbocycles. The van der Waals surface area contributed by atoms with Gasteiger partial charge in [-0.05, 0) is 43.7 Å². The van der Waals surface area contributed by atoms with Crippen molar-refractivity contribution in [2.75, 3.05) is 62.3 Å². The third-order valence-corrected chi connectivity index (χ3v) is 7.52. The van der Waals surface area contributed by atoms with E-state index in [1.165, 1.54) is 4.68 Å². The molecule has 9 heteroatoms. The minimum absolute atomic E-state index is 0.0838. The van der Waals surface area contributed by atoms with Gasteiger partial charge in [-0.1, -0.05) is 41.9 Å². The Morgan fingerprint density at radius 3 is 2.19 bits per heavy atom. The molecule has 2 aliphatic rings. The molecule has 0 radical (unpaired) electrons. The van der Waals surface area contributed by atoms with E-state index in [0.717, 1.165) is 16.9 Å². The topological polar surface area (TPSA) is 70.9 Å². The number of halogens is 1. The quantitative estimate of drug-likeness (QED) is 0.513. The van der Waals surface area contributed by atoms with Crippen molar-refractivity contribution in [2.45, 2.75) is 19.3 Å². The van der Waals surface area contributed by atoms with Crippen molar-refractivity contribution in [1.29, 1.82) is 0 Å². The third-order valence-electron chi connectivity index (χ3n) is 7.27. The summed E-state index contributed by atoms with van der Waals surface area (Å²) in [5, 5.41) is 5.18. The van der Waals surface area contributed by atoms with E-state index in [4.69, 9.17) is 16.3 Å². The SMILES string of the molecule is CC(C)(C(=O)N1CCN(c2cnn(-c3ccccc3)c(=O)c2N2CCOCC2)CC1)c1ccc(Cl)cc1. The van der Waals surface area contributed by atoms with Gasteiger partial charge in [0.15, 0.2) is 0 Å². The van der Waals surface area contributed by atoms with Gasteiger partial charge >= 0.3 is 0 Å². The molecule has 8 nitrogen and oxygen atoms in total. The number of hydrogen-bond donors (Lipinski definition) is 0. The minimum Gasteiger partial charge on any atom is -0.378 e. The van der Waals surface area contributed by atoms with Gasteiger partial charge in [-0.3, -0.25) is 9.59 Å². The molecule has 1 amide bonds. The van der Waals surface area contributed by atoms with Crippen LogP contribution in [0.2, 0.25) is 5.02 Å². The Morgan fingerprint density at radius 1 is 0.892 bits per heavy atom. The molecular weight excluding hydrogens is 490 g/mol. The molecule has 0 unspecified atom stereocenters. The molecule has 5 rings (SSSR count). The highest BCUT2D eigenvalue weighted by molar-refractivity contribution is 6.30. The number of para-hydroxylation sites is 1. The normalized spacial score (nSPS) is 16.7. The van der Waals surface area contributed by atoms with Crippen LogP contribution in [0, 0.1) is 0 Å². The Hall–Kier alpha value is -3.36. The van der Waals surface area contributed by atoms with Gasteiger partial charge in [0.25, 0.3) is 5.56 Å². The Labute approximate surface area is 222 Å². The van der Waals surface area contributed by atoms with Gasteiger partial charge in [0, 0.05) is 44.3 Å². The van der Waals surface area contributed by atoms with Gasteiger partial charge in [-0.15, -0.1) is 0 Å². The van der Waals surface area contributed by atoms with Crippen LogP contribution in [0.15, 0.2) is 65.6 Å². The Bertz CT molecular complexity index is 1300. The van der Waals surface area contributed by atoms with Gasteiger partial charge in [-0.25, -0.2) is 0 Å². The number of morpholine rings is 1. The first-order valence-corrected chi connectivity index (χ1v) is 13.0. The standard InChI is InChI=1S/C28H32ClN5O3/c1-28(2,21-8-10-22(29)11-9-21)27(36)33-14-12-31(13-15-33)24-20-30-34(23-6-4-3-5-7-23)26(35)25(24)32-16-18-37-19-17-32/h3-11,20H,12-19H2,1-2H3. The zero-order valence-corrected chi connectivity index (χ0v) is 22.0. The fourth-order valence-electron chi connectivity index (χ4n) is 5.04. The summed E-state index contributed by atoms with van der Waals surface area (Å²) >= 11 is 6.05. The number of carbonyl (C=O) groups is 1. The first-order chi connectivity index (χ1) is 17.9. The van der Waals surface area contributed by atoms with Crippen LogP contribution in [-0.4, -0.2) is 73.1 Å². The van der Waals surface area contributed by atoms with E-state index in [2.05, 4.69) is 14.9 Å². The summed E-state index contributed by atoms with van der Waals surface area (Å²) in [4.78, 5) is 33.4. The number of hydrogen-bond acceptors (Lipinski definition) is 6. The van der Waals surface area contributed by atoms with Crippen LogP contribution in [0.25, 0.3) is 5.69 Å². The van der Waals surface area contributed by atoms with Gasteiger partial charge in [-0.2, -0.15) is 9.78 Å². The lowest BCUT2D eigenvalue weighted by molar-refractivity contribution is -0.136.